The summed E-state index contributed by atoms with van der Waals surface area (Å²) < 4.78 is 4.61. The Morgan fingerprint density at radius 1 is 1.30 bits per heavy atom. The van der Waals surface area contributed by atoms with E-state index < -0.39 is 11.9 Å². The van der Waals surface area contributed by atoms with Crippen LogP contribution in [0.1, 0.15) is 13.8 Å². The Kier molecular flexibility index (Phi) is 5.71. The molecule has 0 unspecified atom stereocenters. The second kappa shape index (κ2) is 7.28. The summed E-state index contributed by atoms with van der Waals surface area (Å²) >= 11 is 0. The van der Waals surface area contributed by atoms with Gasteiger partial charge in [0, 0.05) is 25.5 Å². The van der Waals surface area contributed by atoms with E-state index in [0.29, 0.717) is 5.69 Å². The van der Waals surface area contributed by atoms with E-state index in [-0.39, 0.29) is 6.61 Å². The summed E-state index contributed by atoms with van der Waals surface area (Å²) in [5, 5.41) is 2.47. The zero-order chi connectivity index (χ0) is 15.1. The van der Waals surface area contributed by atoms with Crippen molar-refractivity contribution in [2.75, 3.05) is 30.9 Å². The molecule has 20 heavy (non-hydrogen) atoms. The number of benzene rings is 1. The van der Waals surface area contributed by atoms with Crippen LogP contribution in [0, 0.1) is 0 Å². The topological polar surface area (TPSA) is 71.0 Å². The van der Waals surface area contributed by atoms with E-state index in [1.165, 1.54) is 0 Å². The Morgan fingerprint density at radius 3 is 2.40 bits per heavy atom. The smallest absolute Gasteiger partial charge is 0.397 e. The van der Waals surface area contributed by atoms with Gasteiger partial charge in [-0.3, -0.25) is 9.79 Å². The van der Waals surface area contributed by atoms with Crippen molar-refractivity contribution in [1.82, 2.24) is 0 Å². The van der Waals surface area contributed by atoms with Crippen molar-refractivity contribution in [1.29, 1.82) is 0 Å². The molecule has 0 heterocycles. The highest BCUT2D eigenvalue weighted by Gasteiger charge is 2.14. The molecule has 0 spiro atoms. The van der Waals surface area contributed by atoms with Gasteiger partial charge in [0.2, 0.25) is 0 Å². The first kappa shape index (κ1) is 15.7. The number of esters is 1. The second-order valence-corrected chi connectivity index (χ2v) is 4.05. The minimum Gasteiger partial charge on any atom is -0.459 e. The molecule has 0 aliphatic carbocycles. The number of anilines is 2. The van der Waals surface area contributed by atoms with Crippen LogP contribution in [-0.2, 0) is 14.3 Å². The lowest BCUT2D eigenvalue weighted by molar-refractivity contribution is -0.152. The lowest BCUT2D eigenvalue weighted by atomic mass is 10.2. The number of aliphatic imine (C=N–C) groups is 1. The van der Waals surface area contributed by atoms with Gasteiger partial charge in [0.25, 0.3) is 0 Å². The SMILES string of the molecule is CCOC(=O)C(=O)Nc1ccc(N(C)C(C)=NC)cc1. The van der Waals surface area contributed by atoms with E-state index in [1.54, 1.807) is 26.1 Å². The van der Waals surface area contributed by atoms with Gasteiger partial charge in [-0.1, -0.05) is 0 Å². The van der Waals surface area contributed by atoms with Crippen molar-refractivity contribution >= 4 is 29.1 Å². The summed E-state index contributed by atoms with van der Waals surface area (Å²) in [6.45, 7) is 3.72. The van der Waals surface area contributed by atoms with Crippen LogP contribution in [0.3, 0.4) is 0 Å². The minimum atomic E-state index is -0.886. The number of hydrogen-bond donors (Lipinski definition) is 1. The molecule has 0 atom stereocenters. The Labute approximate surface area is 118 Å². The van der Waals surface area contributed by atoms with Gasteiger partial charge in [0.1, 0.15) is 0 Å². The van der Waals surface area contributed by atoms with Crippen LogP contribution in [0.4, 0.5) is 11.4 Å². The second-order valence-electron chi connectivity index (χ2n) is 4.05. The Balaban J connectivity index is 2.72. The molecule has 0 saturated carbocycles. The van der Waals surface area contributed by atoms with Crippen LogP contribution >= 0.6 is 0 Å². The maximum atomic E-state index is 11.5. The van der Waals surface area contributed by atoms with Crippen molar-refractivity contribution in [3.63, 3.8) is 0 Å². The molecule has 1 N–H and O–H groups in total. The highest BCUT2D eigenvalue weighted by molar-refractivity contribution is 6.37. The molecule has 6 heteroatoms. The quantitative estimate of drug-likeness (QED) is 0.395. The third-order valence-corrected chi connectivity index (χ3v) is 2.78. The summed E-state index contributed by atoms with van der Waals surface area (Å²) in [4.78, 5) is 28.7. The molecule has 0 aliphatic heterocycles. The van der Waals surface area contributed by atoms with E-state index >= 15 is 0 Å². The number of ether oxygens (including phenoxy) is 1. The Morgan fingerprint density at radius 2 is 1.90 bits per heavy atom. The van der Waals surface area contributed by atoms with Gasteiger partial charge < -0.3 is 15.0 Å². The zero-order valence-corrected chi connectivity index (χ0v) is 12.1. The maximum absolute atomic E-state index is 11.5. The lowest BCUT2D eigenvalue weighted by Gasteiger charge is -2.18. The summed E-state index contributed by atoms with van der Waals surface area (Å²) in [7, 11) is 3.62. The van der Waals surface area contributed by atoms with Crippen molar-refractivity contribution in [2.45, 2.75) is 13.8 Å². The predicted molar refractivity (Wildman–Crippen MR) is 79.1 cm³/mol. The van der Waals surface area contributed by atoms with Crippen molar-refractivity contribution in [2.24, 2.45) is 4.99 Å². The monoisotopic (exact) mass is 277 g/mol. The normalized spacial score (nSPS) is 10.9. The van der Waals surface area contributed by atoms with Crippen molar-refractivity contribution < 1.29 is 14.3 Å². The third-order valence-electron chi connectivity index (χ3n) is 2.78. The molecule has 6 nitrogen and oxygen atoms in total. The molecule has 0 aliphatic rings. The average molecular weight is 277 g/mol. The standard InChI is InChI=1S/C14H19N3O3/c1-5-20-14(19)13(18)16-11-6-8-12(9-7-11)17(4)10(2)15-3/h6-9H,5H2,1-4H3,(H,16,18). The number of carbonyl (C=O) groups excluding carboxylic acids is 2. The molecular formula is C14H19N3O3. The highest BCUT2D eigenvalue weighted by Crippen LogP contribution is 2.17. The molecular weight excluding hydrogens is 258 g/mol. The van der Waals surface area contributed by atoms with Gasteiger partial charge in [-0.05, 0) is 38.1 Å². The summed E-state index contributed by atoms with van der Waals surface area (Å²) in [6, 6.07) is 7.09. The fourth-order valence-electron chi connectivity index (χ4n) is 1.48. The zero-order valence-electron chi connectivity index (χ0n) is 12.1. The van der Waals surface area contributed by atoms with Crippen LogP contribution in [0.25, 0.3) is 0 Å². The van der Waals surface area contributed by atoms with Crippen LogP contribution in [0.15, 0.2) is 29.3 Å². The first-order chi connectivity index (χ1) is 9.49. The first-order valence-electron chi connectivity index (χ1n) is 6.24. The Bertz CT molecular complexity index is 509. The third kappa shape index (κ3) is 4.08. The summed E-state index contributed by atoms with van der Waals surface area (Å²) in [5.74, 6) is -0.796. The number of amidine groups is 1. The molecule has 1 rings (SSSR count). The molecule has 108 valence electrons. The molecule has 0 bridgehead atoms. The van der Waals surface area contributed by atoms with Gasteiger partial charge >= 0.3 is 11.9 Å². The molecule has 0 radical (unpaired) electrons. The minimum absolute atomic E-state index is 0.172. The van der Waals surface area contributed by atoms with Crippen LogP contribution in [-0.4, -0.2) is 38.4 Å². The predicted octanol–water partition coefficient (Wildman–Crippen LogP) is 1.67. The summed E-state index contributed by atoms with van der Waals surface area (Å²) in [6.07, 6.45) is 0. The molecule has 1 amide bonds. The maximum Gasteiger partial charge on any atom is 0.397 e. The van der Waals surface area contributed by atoms with E-state index in [1.807, 2.05) is 31.0 Å². The molecule has 0 aromatic heterocycles. The van der Waals surface area contributed by atoms with Crippen LogP contribution in [0.5, 0.6) is 0 Å². The van der Waals surface area contributed by atoms with Crippen molar-refractivity contribution in [3.05, 3.63) is 24.3 Å². The van der Waals surface area contributed by atoms with E-state index in [9.17, 15) is 9.59 Å². The van der Waals surface area contributed by atoms with Crippen molar-refractivity contribution in [3.8, 4) is 0 Å². The summed E-state index contributed by atoms with van der Waals surface area (Å²) in [5.41, 5.74) is 1.47. The van der Waals surface area contributed by atoms with Crippen LogP contribution < -0.4 is 10.2 Å². The molecule has 1 aromatic rings. The van der Waals surface area contributed by atoms with Gasteiger partial charge in [-0.2, -0.15) is 0 Å². The Hall–Kier alpha value is -2.37. The first-order valence-corrected chi connectivity index (χ1v) is 6.24. The van der Waals surface area contributed by atoms with Gasteiger partial charge in [0.15, 0.2) is 0 Å². The number of rotatable bonds is 3. The average Bonchev–Trinajstić information content (AvgIpc) is 2.46. The fourth-order valence-corrected chi connectivity index (χ4v) is 1.48. The number of amides is 1. The molecule has 0 saturated heterocycles. The van der Waals surface area contributed by atoms with E-state index in [4.69, 9.17) is 0 Å². The molecule has 1 aromatic carbocycles. The van der Waals surface area contributed by atoms with Gasteiger partial charge in [-0.25, -0.2) is 4.79 Å². The number of carbonyl (C=O) groups is 2. The van der Waals surface area contributed by atoms with Gasteiger partial charge in [0.05, 0.1) is 12.4 Å². The van der Waals surface area contributed by atoms with E-state index in [0.717, 1.165) is 11.5 Å². The van der Waals surface area contributed by atoms with Gasteiger partial charge in [-0.15, -0.1) is 0 Å². The fraction of sp³-hybridized carbons (Fsp3) is 0.357. The van der Waals surface area contributed by atoms with Crippen LogP contribution in [0.2, 0.25) is 0 Å². The number of nitrogens with one attached hydrogen (secondary N) is 1. The van der Waals surface area contributed by atoms with E-state index in [2.05, 4.69) is 15.0 Å². The highest BCUT2D eigenvalue weighted by atomic mass is 16.5. The number of hydrogen-bond acceptors (Lipinski definition) is 4. The number of nitrogens with zero attached hydrogens (tertiary/aromatic N) is 2. The lowest BCUT2D eigenvalue weighted by Crippen LogP contribution is -2.25. The largest absolute Gasteiger partial charge is 0.459 e. The molecule has 0 fully saturated rings.